The molecule has 1 saturated heterocycles. The predicted octanol–water partition coefficient (Wildman–Crippen LogP) is 2.22. The lowest BCUT2D eigenvalue weighted by Gasteiger charge is -1.99. The molecule has 66 valence electrons. The van der Waals surface area contributed by atoms with Gasteiger partial charge in [0.05, 0.1) is 13.2 Å². The first-order valence-corrected chi connectivity index (χ1v) is 4.41. The Morgan fingerprint density at radius 1 is 0.545 bits per heavy atom. The molecule has 0 bridgehead atoms. The Labute approximate surface area is 67.5 Å². The van der Waals surface area contributed by atoms with E-state index in [4.69, 9.17) is 9.78 Å². The molecule has 0 aliphatic carbocycles. The molecule has 0 unspecified atom stereocenters. The van der Waals surface area contributed by atoms with Gasteiger partial charge in [-0.25, -0.2) is 9.78 Å². The van der Waals surface area contributed by atoms with Gasteiger partial charge in [0.2, 0.25) is 0 Å². The Kier molecular flexibility index (Phi) is 5.37. The number of hydrogen-bond acceptors (Lipinski definition) is 3. The molecule has 1 heterocycles. The highest BCUT2D eigenvalue weighted by Crippen LogP contribution is 2.07. The van der Waals surface area contributed by atoms with E-state index in [1.807, 2.05) is 0 Å². The van der Waals surface area contributed by atoms with Gasteiger partial charge in [-0.15, -0.1) is 0 Å². The van der Waals surface area contributed by atoms with Gasteiger partial charge in [-0.3, -0.25) is 0 Å². The van der Waals surface area contributed by atoms with Crippen LogP contribution in [0.5, 0.6) is 0 Å². The van der Waals surface area contributed by atoms with Crippen molar-refractivity contribution in [2.45, 2.75) is 38.5 Å². The van der Waals surface area contributed by atoms with E-state index in [9.17, 15) is 0 Å². The molecular formula is C8H16O3. The van der Waals surface area contributed by atoms with E-state index in [2.05, 4.69) is 5.04 Å². The first-order chi connectivity index (χ1) is 5.50. The standard InChI is InChI=1S/C8H16O3/c1-2-4-6-8-10-11-9-7-5-3-1/h1-8H2. The zero-order chi connectivity index (χ0) is 7.78. The van der Waals surface area contributed by atoms with E-state index in [-0.39, 0.29) is 0 Å². The molecule has 11 heavy (non-hydrogen) atoms. The Morgan fingerprint density at radius 3 is 1.55 bits per heavy atom. The Bertz CT molecular complexity index is 47.4. The zero-order valence-electron chi connectivity index (χ0n) is 6.88. The average Bonchev–Trinajstić information content (AvgIpc) is 2.08. The van der Waals surface area contributed by atoms with Crippen LogP contribution in [0.4, 0.5) is 0 Å². The summed E-state index contributed by atoms with van der Waals surface area (Å²) in [6, 6.07) is 0. The Balaban J connectivity index is 2.02. The fourth-order valence-electron chi connectivity index (χ4n) is 1.13. The second kappa shape index (κ2) is 6.58. The van der Waals surface area contributed by atoms with Gasteiger partial charge in [-0.2, -0.15) is 0 Å². The molecule has 3 heteroatoms. The van der Waals surface area contributed by atoms with E-state index in [0.717, 1.165) is 12.8 Å². The molecule has 1 aliphatic rings. The third-order valence-corrected chi connectivity index (χ3v) is 1.80. The van der Waals surface area contributed by atoms with Gasteiger partial charge in [0.25, 0.3) is 0 Å². The van der Waals surface area contributed by atoms with Crippen LogP contribution in [0.2, 0.25) is 0 Å². The van der Waals surface area contributed by atoms with Crippen LogP contribution in [0.15, 0.2) is 0 Å². The van der Waals surface area contributed by atoms with Gasteiger partial charge in [-0.1, -0.05) is 30.7 Å². The molecule has 0 radical (unpaired) electrons. The van der Waals surface area contributed by atoms with Crippen LogP contribution in [-0.2, 0) is 14.8 Å². The number of hydrogen-bond donors (Lipinski definition) is 0. The Morgan fingerprint density at radius 2 is 1.00 bits per heavy atom. The summed E-state index contributed by atoms with van der Waals surface area (Å²) in [6.45, 7) is 1.31. The summed E-state index contributed by atoms with van der Waals surface area (Å²) < 4.78 is 0. The van der Waals surface area contributed by atoms with E-state index in [1.165, 1.54) is 25.7 Å². The molecule has 0 aromatic rings. The first-order valence-electron chi connectivity index (χ1n) is 4.41. The van der Waals surface area contributed by atoms with Crippen molar-refractivity contribution in [3.63, 3.8) is 0 Å². The molecule has 0 spiro atoms. The topological polar surface area (TPSA) is 27.7 Å². The highest BCUT2D eigenvalue weighted by atomic mass is 17.5. The van der Waals surface area contributed by atoms with Crippen molar-refractivity contribution in [3.05, 3.63) is 0 Å². The molecule has 1 fully saturated rings. The highest BCUT2D eigenvalue weighted by molar-refractivity contribution is 4.44. The van der Waals surface area contributed by atoms with Crippen molar-refractivity contribution in [1.82, 2.24) is 0 Å². The van der Waals surface area contributed by atoms with E-state index < -0.39 is 0 Å². The highest BCUT2D eigenvalue weighted by Gasteiger charge is 1.96. The van der Waals surface area contributed by atoms with Gasteiger partial charge in [0, 0.05) is 0 Å². The lowest BCUT2D eigenvalue weighted by atomic mass is 10.1. The molecule has 1 aliphatic heterocycles. The smallest absolute Gasteiger partial charge is 0.0853 e. The van der Waals surface area contributed by atoms with Crippen molar-refractivity contribution in [1.29, 1.82) is 0 Å². The van der Waals surface area contributed by atoms with Crippen molar-refractivity contribution >= 4 is 0 Å². The second-order valence-corrected chi connectivity index (χ2v) is 2.83. The van der Waals surface area contributed by atoms with Crippen LogP contribution in [0.25, 0.3) is 0 Å². The molecule has 0 N–H and O–H groups in total. The fraction of sp³-hybridized carbons (Fsp3) is 1.00. The lowest BCUT2D eigenvalue weighted by molar-refractivity contribution is -0.512. The molecule has 0 aromatic heterocycles. The molecule has 0 atom stereocenters. The SMILES string of the molecule is C1CCCCOOOCCC1. The van der Waals surface area contributed by atoms with Crippen LogP contribution in [0.1, 0.15) is 38.5 Å². The first kappa shape index (κ1) is 8.97. The van der Waals surface area contributed by atoms with Crippen molar-refractivity contribution in [2.24, 2.45) is 0 Å². The van der Waals surface area contributed by atoms with Gasteiger partial charge in [0.15, 0.2) is 0 Å². The molecule has 0 saturated carbocycles. The maximum absolute atomic E-state index is 4.74. The van der Waals surface area contributed by atoms with Crippen molar-refractivity contribution < 1.29 is 14.8 Å². The second-order valence-electron chi connectivity index (χ2n) is 2.83. The quantitative estimate of drug-likeness (QED) is 0.508. The predicted molar refractivity (Wildman–Crippen MR) is 40.7 cm³/mol. The minimum Gasteiger partial charge on any atom is -0.206 e. The maximum atomic E-state index is 4.74. The molecular weight excluding hydrogens is 144 g/mol. The number of rotatable bonds is 0. The lowest BCUT2D eigenvalue weighted by Crippen LogP contribution is -1.98. The third-order valence-electron chi connectivity index (χ3n) is 1.80. The average molecular weight is 160 g/mol. The minimum atomic E-state index is 0.653. The summed E-state index contributed by atoms with van der Waals surface area (Å²) in [6.07, 6.45) is 7.24. The van der Waals surface area contributed by atoms with Crippen LogP contribution < -0.4 is 0 Å². The Hall–Kier alpha value is -0.120. The summed E-state index contributed by atoms with van der Waals surface area (Å²) in [5.74, 6) is 0. The van der Waals surface area contributed by atoms with Gasteiger partial charge in [-0.05, 0) is 12.8 Å². The molecule has 0 amide bonds. The largest absolute Gasteiger partial charge is 0.206 e. The van der Waals surface area contributed by atoms with Crippen LogP contribution in [0.3, 0.4) is 0 Å². The van der Waals surface area contributed by atoms with Gasteiger partial charge < -0.3 is 0 Å². The molecule has 1 rings (SSSR count). The van der Waals surface area contributed by atoms with Crippen LogP contribution in [0, 0.1) is 0 Å². The summed E-state index contributed by atoms with van der Waals surface area (Å²) in [5.41, 5.74) is 0. The zero-order valence-corrected chi connectivity index (χ0v) is 6.88. The fourth-order valence-corrected chi connectivity index (χ4v) is 1.13. The summed E-state index contributed by atoms with van der Waals surface area (Å²) in [7, 11) is 0. The minimum absolute atomic E-state index is 0.653. The molecule has 3 nitrogen and oxygen atoms in total. The van der Waals surface area contributed by atoms with E-state index in [1.54, 1.807) is 0 Å². The van der Waals surface area contributed by atoms with Crippen LogP contribution >= 0.6 is 0 Å². The normalized spacial score (nSPS) is 24.0. The van der Waals surface area contributed by atoms with Gasteiger partial charge >= 0.3 is 0 Å². The monoisotopic (exact) mass is 160 g/mol. The summed E-state index contributed by atoms with van der Waals surface area (Å²) in [4.78, 5) is 9.49. The van der Waals surface area contributed by atoms with Gasteiger partial charge in [0.1, 0.15) is 0 Å². The van der Waals surface area contributed by atoms with E-state index >= 15 is 0 Å². The maximum Gasteiger partial charge on any atom is 0.0853 e. The van der Waals surface area contributed by atoms with Crippen LogP contribution in [-0.4, -0.2) is 13.2 Å². The van der Waals surface area contributed by atoms with Crippen molar-refractivity contribution in [3.8, 4) is 0 Å². The van der Waals surface area contributed by atoms with Crippen molar-refractivity contribution in [2.75, 3.05) is 13.2 Å². The third kappa shape index (κ3) is 5.18. The summed E-state index contributed by atoms with van der Waals surface area (Å²) >= 11 is 0. The summed E-state index contributed by atoms with van der Waals surface area (Å²) in [5, 5.41) is 4.47. The molecule has 0 aromatic carbocycles. The van der Waals surface area contributed by atoms with E-state index in [0.29, 0.717) is 13.2 Å².